The van der Waals surface area contributed by atoms with Crippen LogP contribution in [0.3, 0.4) is 0 Å². The summed E-state index contributed by atoms with van der Waals surface area (Å²) in [5.74, 6) is -4.54. The van der Waals surface area contributed by atoms with Crippen molar-refractivity contribution in [3.8, 4) is 0 Å². The first-order valence-corrected chi connectivity index (χ1v) is 7.16. The van der Waals surface area contributed by atoms with E-state index in [1.807, 2.05) is 0 Å². The van der Waals surface area contributed by atoms with Crippen LogP contribution < -0.4 is 5.32 Å². The van der Waals surface area contributed by atoms with Gasteiger partial charge in [-0.2, -0.15) is 0 Å². The monoisotopic (exact) mass is 378 g/mol. The number of carboxylic acids is 4. The van der Waals surface area contributed by atoms with Gasteiger partial charge >= 0.3 is 23.9 Å². The van der Waals surface area contributed by atoms with Crippen molar-refractivity contribution in [2.75, 3.05) is 46.0 Å². The van der Waals surface area contributed by atoms with Crippen molar-refractivity contribution < 1.29 is 49.4 Å². The Morgan fingerprint density at radius 1 is 1.00 bits per heavy atom. The number of hydrogen-bond donors (Lipinski definition) is 4. The van der Waals surface area contributed by atoms with Crippen molar-refractivity contribution in [2.24, 2.45) is 0 Å². The summed E-state index contributed by atoms with van der Waals surface area (Å²) in [6.45, 7) is 1.28. The van der Waals surface area contributed by atoms with Crippen LogP contribution >= 0.6 is 0 Å². The molecular weight excluding hydrogens is 356 g/mol. The van der Waals surface area contributed by atoms with E-state index in [1.54, 1.807) is 0 Å². The van der Waals surface area contributed by atoms with E-state index in [4.69, 9.17) is 25.2 Å². The van der Waals surface area contributed by atoms with E-state index in [-0.39, 0.29) is 26.3 Å². The van der Waals surface area contributed by atoms with Crippen LogP contribution in [0.15, 0.2) is 12.7 Å². The van der Waals surface area contributed by atoms with E-state index in [1.165, 1.54) is 6.08 Å². The molecule has 0 aromatic carbocycles. The van der Waals surface area contributed by atoms with Gasteiger partial charge < -0.3 is 25.2 Å². The Balaban J connectivity index is 0. The van der Waals surface area contributed by atoms with Gasteiger partial charge in [0.1, 0.15) is 13.2 Å². The predicted molar refractivity (Wildman–Crippen MR) is 84.3 cm³/mol. The zero-order valence-corrected chi connectivity index (χ0v) is 13.9. The lowest BCUT2D eigenvalue weighted by molar-refractivity contribution is -0.146. The maximum Gasteiger partial charge on any atom is 0.329 e. The first-order valence-electron chi connectivity index (χ1n) is 7.16. The number of aliphatic carboxylic acids is 4. The number of carboxylic acid groups (broad SMARTS) is 4. The summed E-state index contributed by atoms with van der Waals surface area (Å²) < 4.78 is 4.79. The van der Waals surface area contributed by atoms with Gasteiger partial charge in [0.05, 0.1) is 32.3 Å². The molecule has 0 rings (SSSR count). The van der Waals surface area contributed by atoms with E-state index < -0.39 is 49.6 Å². The van der Waals surface area contributed by atoms with Crippen LogP contribution in [0.25, 0.3) is 0 Å². The summed E-state index contributed by atoms with van der Waals surface area (Å²) in [5, 5.41) is 46.6. The normalized spacial score (nSPS) is 11.2. The molecule has 0 aliphatic heterocycles. The highest BCUT2D eigenvalue weighted by Crippen LogP contribution is 2.02. The SMILES string of the molecule is C=CC(COCC(=O)O)N(CC(=O)O)CC(=O)O.[O]CC[N]CC(=O)O. The van der Waals surface area contributed by atoms with Crippen LogP contribution in [-0.4, -0.2) is 101 Å². The van der Waals surface area contributed by atoms with Gasteiger partial charge in [0, 0.05) is 6.54 Å². The number of rotatable bonds is 14. The fourth-order valence-electron chi connectivity index (χ4n) is 1.47. The summed E-state index contributed by atoms with van der Waals surface area (Å²) >= 11 is 0. The molecule has 148 valence electrons. The first kappa shape index (κ1) is 25.7. The van der Waals surface area contributed by atoms with Gasteiger partial charge in [-0.05, 0) is 0 Å². The smallest absolute Gasteiger partial charge is 0.329 e. The van der Waals surface area contributed by atoms with E-state index in [2.05, 4.69) is 11.9 Å². The van der Waals surface area contributed by atoms with Crippen molar-refractivity contribution in [1.82, 2.24) is 10.2 Å². The Morgan fingerprint density at radius 2 is 1.54 bits per heavy atom. The van der Waals surface area contributed by atoms with E-state index in [9.17, 15) is 24.3 Å². The molecule has 0 saturated carbocycles. The summed E-state index contributed by atoms with van der Waals surface area (Å²) in [4.78, 5) is 42.2. The topological polar surface area (TPSA) is 196 Å². The number of carbonyl (C=O) groups is 4. The van der Waals surface area contributed by atoms with Gasteiger partial charge in [-0.3, -0.25) is 19.3 Å². The maximum atomic E-state index is 10.6. The average Bonchev–Trinajstić information content (AvgIpc) is 2.50. The molecule has 26 heavy (non-hydrogen) atoms. The number of hydrogen-bond acceptors (Lipinski definition) is 6. The molecule has 12 heteroatoms. The molecule has 0 aromatic heterocycles. The Morgan fingerprint density at radius 3 is 1.88 bits per heavy atom. The lowest BCUT2D eigenvalue weighted by atomic mass is 10.2. The summed E-state index contributed by atoms with van der Waals surface area (Å²) in [7, 11) is 0. The highest BCUT2D eigenvalue weighted by molar-refractivity contribution is 5.72. The molecule has 1 unspecified atom stereocenters. The fraction of sp³-hybridized carbons (Fsp3) is 0.571. The van der Waals surface area contributed by atoms with Crippen LogP contribution in [0.2, 0.25) is 0 Å². The Hall–Kier alpha value is -2.54. The maximum absolute atomic E-state index is 10.6. The van der Waals surface area contributed by atoms with Crippen LogP contribution in [-0.2, 0) is 29.0 Å². The van der Waals surface area contributed by atoms with Crippen LogP contribution in [0.5, 0.6) is 0 Å². The van der Waals surface area contributed by atoms with Gasteiger partial charge in [-0.1, -0.05) is 6.08 Å². The predicted octanol–water partition coefficient (Wildman–Crippen LogP) is -1.78. The molecule has 2 radical (unpaired) electrons. The van der Waals surface area contributed by atoms with Crippen molar-refractivity contribution in [3.63, 3.8) is 0 Å². The van der Waals surface area contributed by atoms with Crippen LogP contribution in [0.1, 0.15) is 0 Å². The summed E-state index contributed by atoms with van der Waals surface area (Å²) in [5.41, 5.74) is 0. The molecule has 0 bridgehead atoms. The lowest BCUT2D eigenvalue weighted by Gasteiger charge is -2.25. The van der Waals surface area contributed by atoms with E-state index in [0.29, 0.717) is 0 Å². The van der Waals surface area contributed by atoms with Gasteiger partial charge in [0.15, 0.2) is 0 Å². The molecule has 4 N–H and O–H groups in total. The molecule has 12 nitrogen and oxygen atoms in total. The Kier molecular flexibility index (Phi) is 15.8. The lowest BCUT2D eigenvalue weighted by Crippen LogP contribution is -2.43. The second-order valence-electron chi connectivity index (χ2n) is 4.61. The van der Waals surface area contributed by atoms with Gasteiger partial charge in [0.25, 0.3) is 0 Å². The van der Waals surface area contributed by atoms with Gasteiger partial charge in [0.2, 0.25) is 0 Å². The molecule has 0 heterocycles. The van der Waals surface area contributed by atoms with E-state index >= 15 is 0 Å². The first-order chi connectivity index (χ1) is 12.1. The molecule has 0 spiro atoms. The van der Waals surface area contributed by atoms with Gasteiger partial charge in [-0.25, -0.2) is 15.2 Å². The summed E-state index contributed by atoms with van der Waals surface area (Å²) in [6.07, 6.45) is 1.31. The molecule has 1 atom stereocenters. The largest absolute Gasteiger partial charge is 0.480 e. The summed E-state index contributed by atoms with van der Waals surface area (Å²) in [6, 6.07) is -0.684. The van der Waals surface area contributed by atoms with Crippen molar-refractivity contribution in [1.29, 1.82) is 0 Å². The Labute approximate surface area is 149 Å². The Bertz CT molecular complexity index is 453. The quantitative estimate of drug-likeness (QED) is 0.198. The molecule has 0 fully saturated rings. The minimum absolute atomic E-state index is 0.103. The van der Waals surface area contributed by atoms with Crippen LogP contribution in [0.4, 0.5) is 0 Å². The average molecular weight is 378 g/mol. The van der Waals surface area contributed by atoms with Crippen molar-refractivity contribution >= 4 is 23.9 Å². The van der Waals surface area contributed by atoms with Crippen LogP contribution in [0, 0.1) is 0 Å². The molecular formula is C14H22N2O10. The highest BCUT2D eigenvalue weighted by Gasteiger charge is 2.21. The zero-order chi connectivity index (χ0) is 20.5. The van der Waals surface area contributed by atoms with E-state index in [0.717, 1.165) is 4.90 Å². The molecule has 0 aliphatic rings. The minimum Gasteiger partial charge on any atom is -0.480 e. The molecule has 0 aliphatic carbocycles. The third-order valence-corrected chi connectivity index (χ3v) is 2.43. The van der Waals surface area contributed by atoms with Crippen molar-refractivity contribution in [2.45, 2.75) is 6.04 Å². The second-order valence-corrected chi connectivity index (χ2v) is 4.61. The minimum atomic E-state index is -1.19. The number of ether oxygens (including phenoxy) is 1. The molecule has 0 amide bonds. The fourth-order valence-corrected chi connectivity index (χ4v) is 1.47. The molecule has 0 saturated heterocycles. The standard InChI is InChI=1S/C10H15NO7.C4H7NO3/c1-2-7(5-18-6-10(16)17)11(3-8(12)13)4-9(14)15;6-2-1-5-3-4(7)8/h2,7H,1,3-6H2,(H,12,13)(H,14,15)(H,16,17);1-3H2,(H,7,8). The zero-order valence-electron chi connectivity index (χ0n) is 13.9. The highest BCUT2D eigenvalue weighted by atomic mass is 16.5. The third-order valence-electron chi connectivity index (χ3n) is 2.43. The third kappa shape index (κ3) is 17.8. The number of nitrogens with zero attached hydrogens (tertiary/aromatic N) is 2. The second kappa shape index (κ2) is 16.0. The van der Waals surface area contributed by atoms with Crippen molar-refractivity contribution in [3.05, 3.63) is 12.7 Å². The van der Waals surface area contributed by atoms with Gasteiger partial charge in [-0.15, -0.1) is 6.58 Å². The molecule has 0 aromatic rings.